The van der Waals surface area contributed by atoms with Crippen molar-refractivity contribution in [3.8, 4) is 28.9 Å². The first kappa shape index (κ1) is 21.4. The second-order valence-corrected chi connectivity index (χ2v) is 8.17. The van der Waals surface area contributed by atoms with Gasteiger partial charge >= 0.3 is 0 Å². The fraction of sp³-hybridized carbons (Fsp3) is 0.0345. The highest BCUT2D eigenvalue weighted by Crippen LogP contribution is 2.42. The van der Waals surface area contributed by atoms with Crippen molar-refractivity contribution in [3.05, 3.63) is 114 Å². The van der Waals surface area contributed by atoms with Gasteiger partial charge in [0.05, 0.1) is 18.1 Å². The van der Waals surface area contributed by atoms with E-state index in [1.165, 1.54) is 24.7 Å². The van der Waals surface area contributed by atoms with Crippen molar-refractivity contribution in [1.82, 2.24) is 4.57 Å². The van der Waals surface area contributed by atoms with Crippen LogP contribution in [-0.4, -0.2) is 10.8 Å². The van der Waals surface area contributed by atoms with Gasteiger partial charge in [-0.2, -0.15) is 5.26 Å². The van der Waals surface area contributed by atoms with Crippen LogP contribution >= 0.6 is 0 Å². The molecule has 0 unspecified atom stereocenters. The fourth-order valence-electron chi connectivity index (χ4n) is 4.27. The molecular formula is C29H18FN3O3. The molecule has 0 saturated heterocycles. The number of hydrogen-bond acceptors (Lipinski definition) is 5. The molecule has 0 atom stereocenters. The summed E-state index contributed by atoms with van der Waals surface area (Å²) in [6, 6.07) is 23.6. The van der Waals surface area contributed by atoms with Crippen molar-refractivity contribution >= 4 is 23.0 Å². The maximum Gasteiger partial charge on any atom is 0.238 e. The van der Waals surface area contributed by atoms with E-state index in [2.05, 4.69) is 15.6 Å². The van der Waals surface area contributed by atoms with Crippen LogP contribution in [0.5, 0.6) is 0 Å². The number of rotatable bonds is 6. The van der Waals surface area contributed by atoms with Crippen molar-refractivity contribution in [2.24, 2.45) is 4.99 Å². The molecule has 0 aliphatic heterocycles. The fourth-order valence-corrected chi connectivity index (χ4v) is 4.27. The number of benzene rings is 2. The summed E-state index contributed by atoms with van der Waals surface area (Å²) in [5.74, 6) is 1.22. The summed E-state index contributed by atoms with van der Waals surface area (Å²) in [6.07, 6.45) is 6.73. The zero-order chi connectivity index (χ0) is 24.5. The third kappa shape index (κ3) is 3.81. The average Bonchev–Trinajstić information content (AvgIpc) is 3.70. The van der Waals surface area contributed by atoms with E-state index in [-0.39, 0.29) is 17.3 Å². The Morgan fingerprint density at radius 3 is 2.39 bits per heavy atom. The van der Waals surface area contributed by atoms with Crippen molar-refractivity contribution in [1.29, 1.82) is 5.26 Å². The number of fused-ring (bicyclic) bond motifs is 1. The van der Waals surface area contributed by atoms with E-state index >= 15 is 0 Å². The molecule has 0 aliphatic rings. The molecule has 174 valence electrons. The highest BCUT2D eigenvalue weighted by molar-refractivity contribution is 6.00. The molecule has 4 aromatic heterocycles. The maximum absolute atomic E-state index is 13.3. The van der Waals surface area contributed by atoms with Gasteiger partial charge in [0.15, 0.2) is 11.5 Å². The number of aromatic nitrogens is 1. The van der Waals surface area contributed by atoms with Crippen LogP contribution in [0.25, 0.3) is 33.7 Å². The normalized spacial score (nSPS) is 11.4. The van der Waals surface area contributed by atoms with Crippen LogP contribution in [0.3, 0.4) is 0 Å². The number of furan rings is 3. The molecule has 6 aromatic rings. The van der Waals surface area contributed by atoms with E-state index in [4.69, 9.17) is 13.3 Å². The minimum Gasteiger partial charge on any atom is -0.464 e. The van der Waals surface area contributed by atoms with Crippen LogP contribution in [0.15, 0.2) is 110 Å². The van der Waals surface area contributed by atoms with Gasteiger partial charge in [-0.15, -0.1) is 0 Å². The predicted octanol–water partition coefficient (Wildman–Crippen LogP) is 7.56. The molecule has 0 fully saturated rings. The van der Waals surface area contributed by atoms with Gasteiger partial charge in [-0.05, 0) is 48.0 Å². The van der Waals surface area contributed by atoms with E-state index in [1.54, 1.807) is 42.6 Å². The summed E-state index contributed by atoms with van der Waals surface area (Å²) in [7, 11) is 0. The van der Waals surface area contributed by atoms with Gasteiger partial charge in [-0.1, -0.05) is 30.3 Å². The van der Waals surface area contributed by atoms with Crippen LogP contribution in [-0.2, 0) is 6.54 Å². The van der Waals surface area contributed by atoms with E-state index in [0.29, 0.717) is 29.4 Å². The van der Waals surface area contributed by atoms with Crippen LogP contribution in [0.1, 0.15) is 16.7 Å². The molecule has 0 spiro atoms. The standard InChI is InChI=1S/C29H18FN3O3/c30-21-11-9-19(10-12-21)17-33-18-20(22-5-1-2-6-24(22)33)16-32-29-23(15-31)27(25-7-3-13-34-25)28(36-29)26-8-4-14-35-26/h1-14,16,18H,17H2. The molecule has 36 heavy (non-hydrogen) atoms. The van der Waals surface area contributed by atoms with Crippen LogP contribution in [0.2, 0.25) is 0 Å². The molecule has 0 N–H and O–H groups in total. The van der Waals surface area contributed by atoms with E-state index in [1.807, 2.05) is 30.5 Å². The lowest BCUT2D eigenvalue weighted by molar-refractivity contribution is 0.527. The molecule has 0 radical (unpaired) electrons. The third-order valence-corrected chi connectivity index (χ3v) is 5.92. The second kappa shape index (κ2) is 8.93. The number of aliphatic imine (C=N–C) groups is 1. The molecule has 0 saturated carbocycles. The molecule has 6 rings (SSSR count). The number of halogens is 1. The Morgan fingerprint density at radius 2 is 1.67 bits per heavy atom. The summed E-state index contributed by atoms with van der Waals surface area (Å²) >= 11 is 0. The summed E-state index contributed by atoms with van der Waals surface area (Å²) in [4.78, 5) is 4.57. The summed E-state index contributed by atoms with van der Waals surface area (Å²) in [6.45, 7) is 0.574. The molecule has 6 nitrogen and oxygen atoms in total. The summed E-state index contributed by atoms with van der Waals surface area (Å²) in [5.41, 5.74) is 3.58. The monoisotopic (exact) mass is 475 g/mol. The first-order valence-corrected chi connectivity index (χ1v) is 11.2. The first-order chi connectivity index (χ1) is 17.7. The molecule has 0 bridgehead atoms. The predicted molar refractivity (Wildman–Crippen MR) is 134 cm³/mol. The number of nitriles is 1. The van der Waals surface area contributed by atoms with Gasteiger partial charge in [-0.3, -0.25) is 0 Å². The quantitative estimate of drug-likeness (QED) is 0.233. The lowest BCUT2D eigenvalue weighted by Gasteiger charge is -2.05. The Morgan fingerprint density at radius 1 is 0.917 bits per heavy atom. The van der Waals surface area contributed by atoms with E-state index < -0.39 is 0 Å². The van der Waals surface area contributed by atoms with E-state index in [0.717, 1.165) is 22.0 Å². The molecular weight excluding hydrogens is 457 g/mol. The third-order valence-electron chi connectivity index (χ3n) is 5.92. The minimum atomic E-state index is -0.265. The van der Waals surface area contributed by atoms with Gasteiger partial charge in [0.2, 0.25) is 5.88 Å². The maximum atomic E-state index is 13.3. The van der Waals surface area contributed by atoms with Gasteiger partial charge in [-0.25, -0.2) is 9.38 Å². The SMILES string of the molecule is N#Cc1c(N=Cc2cn(Cc3ccc(F)cc3)c3ccccc23)oc(-c2ccco2)c1-c1ccco1. The summed E-state index contributed by atoms with van der Waals surface area (Å²) < 4.78 is 32.6. The lowest BCUT2D eigenvalue weighted by atomic mass is 10.1. The Labute approximate surface area is 205 Å². The zero-order valence-electron chi connectivity index (χ0n) is 18.9. The molecule has 2 aromatic carbocycles. The Bertz CT molecular complexity index is 1720. The van der Waals surface area contributed by atoms with Crippen molar-refractivity contribution in [3.63, 3.8) is 0 Å². The highest BCUT2D eigenvalue weighted by atomic mass is 19.1. The Hall–Kier alpha value is -5.09. The van der Waals surface area contributed by atoms with Gasteiger partial charge in [0.25, 0.3) is 0 Å². The van der Waals surface area contributed by atoms with Gasteiger partial charge < -0.3 is 17.8 Å². The topological polar surface area (TPSA) is 80.5 Å². The molecule has 4 heterocycles. The van der Waals surface area contributed by atoms with Gasteiger partial charge in [0, 0.05) is 35.4 Å². The number of hydrogen-bond donors (Lipinski definition) is 0. The molecule has 7 heteroatoms. The van der Waals surface area contributed by atoms with Crippen molar-refractivity contribution in [2.75, 3.05) is 0 Å². The van der Waals surface area contributed by atoms with Gasteiger partial charge in [0.1, 0.15) is 23.2 Å². The van der Waals surface area contributed by atoms with Crippen molar-refractivity contribution in [2.45, 2.75) is 6.54 Å². The lowest BCUT2D eigenvalue weighted by Crippen LogP contribution is -1.97. The van der Waals surface area contributed by atoms with E-state index in [9.17, 15) is 9.65 Å². The Kier molecular flexibility index (Phi) is 5.32. The molecule has 0 amide bonds. The summed E-state index contributed by atoms with van der Waals surface area (Å²) in [5, 5.41) is 11.0. The van der Waals surface area contributed by atoms with Crippen LogP contribution < -0.4 is 0 Å². The van der Waals surface area contributed by atoms with Crippen LogP contribution in [0.4, 0.5) is 10.3 Å². The number of nitrogens with zero attached hydrogens (tertiary/aromatic N) is 3. The first-order valence-electron chi connectivity index (χ1n) is 11.2. The second-order valence-electron chi connectivity index (χ2n) is 8.17. The zero-order valence-corrected chi connectivity index (χ0v) is 18.9. The highest BCUT2D eigenvalue weighted by Gasteiger charge is 2.26. The average molecular weight is 475 g/mol. The smallest absolute Gasteiger partial charge is 0.238 e. The molecule has 0 aliphatic carbocycles. The number of para-hydroxylation sites is 1. The van der Waals surface area contributed by atoms with Crippen LogP contribution in [0, 0.1) is 17.1 Å². The largest absolute Gasteiger partial charge is 0.464 e. The van der Waals surface area contributed by atoms with Crippen molar-refractivity contribution < 1.29 is 17.6 Å². The Balaban J connectivity index is 1.43. The minimum absolute atomic E-state index is 0.158.